The van der Waals surface area contributed by atoms with Gasteiger partial charge in [0.1, 0.15) is 0 Å². The van der Waals surface area contributed by atoms with Gasteiger partial charge in [-0.1, -0.05) is 48.5 Å². The Morgan fingerprint density at radius 1 is 0.462 bits per heavy atom. The van der Waals surface area contributed by atoms with E-state index >= 15 is 0 Å². The lowest BCUT2D eigenvalue weighted by Gasteiger charge is -2.12. The molecule has 1 aliphatic rings. The zero-order chi connectivity index (χ0) is 25.5. The van der Waals surface area contributed by atoms with Crippen LogP contribution in [0.3, 0.4) is 0 Å². The van der Waals surface area contributed by atoms with Crippen molar-refractivity contribution in [1.29, 1.82) is 0 Å². The van der Waals surface area contributed by atoms with E-state index in [9.17, 15) is 0 Å². The topological polar surface area (TPSA) is 35.6 Å². The Morgan fingerprint density at radius 3 is 1.44 bits per heavy atom. The standard InChI is InChI=1S/C35H22N4/c1-3-9-30-26(7-1)34-32(11-5-17-36-34)38(30)24-15-13-22-19-23-14-16-25(21-29(23)28(22)20-24)39-31-10-4-2-8-27(31)35-33(39)12-6-18-37-35/h1-18,20-21H,19H2. The first-order valence-electron chi connectivity index (χ1n) is 13.3. The van der Waals surface area contributed by atoms with Crippen molar-refractivity contribution in [2.24, 2.45) is 0 Å². The molecule has 1 aliphatic carbocycles. The Morgan fingerprint density at radius 2 is 0.923 bits per heavy atom. The molecule has 0 N–H and O–H groups in total. The molecule has 0 atom stereocenters. The lowest BCUT2D eigenvalue weighted by Crippen LogP contribution is -1.96. The molecule has 0 amide bonds. The van der Waals surface area contributed by atoms with Gasteiger partial charge in [0.05, 0.1) is 33.1 Å². The number of pyridine rings is 2. The molecule has 39 heavy (non-hydrogen) atoms. The van der Waals surface area contributed by atoms with E-state index in [1.165, 1.54) is 44.1 Å². The molecule has 0 aliphatic heterocycles. The second-order valence-electron chi connectivity index (χ2n) is 10.3. The van der Waals surface area contributed by atoms with Gasteiger partial charge in [0.15, 0.2) is 0 Å². The average Bonchev–Trinajstić information content (AvgIpc) is 3.64. The van der Waals surface area contributed by atoms with Gasteiger partial charge in [0.2, 0.25) is 0 Å². The van der Waals surface area contributed by atoms with E-state index in [1.807, 2.05) is 24.5 Å². The molecule has 4 heterocycles. The van der Waals surface area contributed by atoms with Crippen molar-refractivity contribution >= 4 is 43.9 Å². The van der Waals surface area contributed by atoms with E-state index in [-0.39, 0.29) is 0 Å². The van der Waals surface area contributed by atoms with Crippen LogP contribution in [0.15, 0.2) is 122 Å². The minimum atomic E-state index is 0.953. The molecule has 182 valence electrons. The molecule has 4 aromatic heterocycles. The van der Waals surface area contributed by atoms with Gasteiger partial charge < -0.3 is 9.13 Å². The smallest absolute Gasteiger partial charge is 0.0963 e. The Kier molecular flexibility index (Phi) is 4.08. The number of aromatic nitrogens is 4. The van der Waals surface area contributed by atoms with Gasteiger partial charge in [0.25, 0.3) is 0 Å². The number of rotatable bonds is 2. The zero-order valence-electron chi connectivity index (χ0n) is 21.0. The molecule has 0 saturated heterocycles. The van der Waals surface area contributed by atoms with E-state index in [0.717, 1.165) is 39.9 Å². The van der Waals surface area contributed by atoms with Crippen LogP contribution in [0, 0.1) is 0 Å². The summed E-state index contributed by atoms with van der Waals surface area (Å²) < 4.78 is 4.69. The van der Waals surface area contributed by atoms with Crippen molar-refractivity contribution in [2.45, 2.75) is 6.42 Å². The molecule has 0 unspecified atom stereocenters. The van der Waals surface area contributed by atoms with Crippen LogP contribution in [0.4, 0.5) is 0 Å². The van der Waals surface area contributed by atoms with Gasteiger partial charge in [0, 0.05) is 34.5 Å². The van der Waals surface area contributed by atoms with Crippen molar-refractivity contribution in [3.63, 3.8) is 0 Å². The van der Waals surface area contributed by atoms with Gasteiger partial charge in [-0.15, -0.1) is 0 Å². The third-order valence-electron chi connectivity index (χ3n) is 8.23. The van der Waals surface area contributed by atoms with Gasteiger partial charge >= 0.3 is 0 Å². The maximum absolute atomic E-state index is 4.73. The quantitative estimate of drug-likeness (QED) is 0.241. The normalized spacial score (nSPS) is 12.5. The molecule has 4 heteroatoms. The van der Waals surface area contributed by atoms with E-state index < -0.39 is 0 Å². The molecule has 0 radical (unpaired) electrons. The number of fused-ring (bicyclic) bond motifs is 9. The number of hydrogen-bond acceptors (Lipinski definition) is 2. The SMILES string of the molecule is c1ccc2c(c1)c1ncccc1n2-c1ccc2c(c1)-c1cc(-n3c4ccccc4c4ncccc43)ccc1C2. The predicted octanol–water partition coefficient (Wildman–Crippen LogP) is 8.24. The molecule has 0 bridgehead atoms. The monoisotopic (exact) mass is 498 g/mol. The van der Waals surface area contributed by atoms with Crippen LogP contribution < -0.4 is 0 Å². The lowest BCUT2D eigenvalue weighted by atomic mass is 10.0. The Bertz CT molecular complexity index is 2000. The molecule has 0 saturated carbocycles. The van der Waals surface area contributed by atoms with Crippen molar-refractivity contribution in [1.82, 2.24) is 19.1 Å². The minimum absolute atomic E-state index is 0.953. The fourth-order valence-corrected chi connectivity index (χ4v) is 6.55. The first-order chi connectivity index (χ1) is 19.3. The van der Waals surface area contributed by atoms with Gasteiger partial charge in [-0.3, -0.25) is 9.97 Å². The lowest BCUT2D eigenvalue weighted by molar-refractivity contribution is 1.16. The second-order valence-corrected chi connectivity index (χ2v) is 10.3. The van der Waals surface area contributed by atoms with Crippen molar-refractivity contribution in [2.75, 3.05) is 0 Å². The van der Waals surface area contributed by atoms with E-state index in [2.05, 4.69) is 106 Å². The first kappa shape index (κ1) is 20.8. The fraction of sp³-hybridized carbons (Fsp3) is 0.0286. The van der Waals surface area contributed by atoms with Crippen LogP contribution >= 0.6 is 0 Å². The summed E-state index contributed by atoms with van der Waals surface area (Å²) in [5, 5.41) is 2.35. The molecule has 4 aromatic carbocycles. The molecule has 0 fully saturated rings. The van der Waals surface area contributed by atoms with E-state index in [4.69, 9.17) is 9.97 Å². The summed E-state index contributed by atoms with van der Waals surface area (Å²) in [5.74, 6) is 0. The van der Waals surface area contributed by atoms with Crippen LogP contribution in [0.5, 0.6) is 0 Å². The Hall–Kier alpha value is -5.22. The van der Waals surface area contributed by atoms with Gasteiger partial charge in [-0.05, 0) is 89.3 Å². The molecular weight excluding hydrogens is 476 g/mol. The molecule has 4 nitrogen and oxygen atoms in total. The van der Waals surface area contributed by atoms with Gasteiger partial charge in [-0.2, -0.15) is 0 Å². The number of benzene rings is 4. The summed E-state index contributed by atoms with van der Waals surface area (Å²) >= 11 is 0. The average molecular weight is 499 g/mol. The summed E-state index contributed by atoms with van der Waals surface area (Å²) in [6.07, 6.45) is 4.71. The highest BCUT2D eigenvalue weighted by atomic mass is 15.0. The predicted molar refractivity (Wildman–Crippen MR) is 159 cm³/mol. The molecule has 9 rings (SSSR count). The molecular formula is C35H22N4. The first-order valence-corrected chi connectivity index (χ1v) is 13.3. The minimum Gasteiger partial charge on any atom is -0.308 e. The Labute approximate surface area is 224 Å². The maximum atomic E-state index is 4.73. The summed E-state index contributed by atoms with van der Waals surface area (Å²) in [5.41, 5.74) is 14.4. The fourth-order valence-electron chi connectivity index (χ4n) is 6.55. The van der Waals surface area contributed by atoms with E-state index in [1.54, 1.807) is 0 Å². The number of para-hydroxylation sites is 2. The van der Waals surface area contributed by atoms with Crippen molar-refractivity contribution in [3.05, 3.63) is 133 Å². The highest BCUT2D eigenvalue weighted by Crippen LogP contribution is 2.41. The van der Waals surface area contributed by atoms with Crippen LogP contribution in [-0.2, 0) is 6.42 Å². The van der Waals surface area contributed by atoms with Crippen LogP contribution in [0.2, 0.25) is 0 Å². The van der Waals surface area contributed by atoms with E-state index in [0.29, 0.717) is 0 Å². The second kappa shape index (κ2) is 7.65. The number of hydrogen-bond donors (Lipinski definition) is 0. The molecule has 0 spiro atoms. The third kappa shape index (κ3) is 2.83. The number of nitrogens with zero attached hydrogens (tertiary/aromatic N) is 4. The molecule has 8 aromatic rings. The largest absolute Gasteiger partial charge is 0.308 e. The highest BCUT2D eigenvalue weighted by Gasteiger charge is 2.22. The third-order valence-corrected chi connectivity index (χ3v) is 8.23. The summed E-state index contributed by atoms with van der Waals surface area (Å²) in [6, 6.07) is 39.3. The highest BCUT2D eigenvalue weighted by molar-refractivity contribution is 6.08. The summed E-state index contributed by atoms with van der Waals surface area (Å²) in [6.45, 7) is 0. The van der Waals surface area contributed by atoms with Crippen molar-refractivity contribution < 1.29 is 0 Å². The van der Waals surface area contributed by atoms with Gasteiger partial charge in [-0.25, -0.2) is 0 Å². The van der Waals surface area contributed by atoms with Crippen molar-refractivity contribution in [3.8, 4) is 22.5 Å². The maximum Gasteiger partial charge on any atom is 0.0963 e. The van der Waals surface area contributed by atoms with Crippen LogP contribution in [0.1, 0.15) is 11.1 Å². The van der Waals surface area contributed by atoms with Crippen LogP contribution in [-0.4, -0.2) is 19.1 Å². The van der Waals surface area contributed by atoms with Crippen LogP contribution in [0.25, 0.3) is 66.4 Å². The zero-order valence-corrected chi connectivity index (χ0v) is 21.0. The Balaban J connectivity index is 1.27. The summed E-state index contributed by atoms with van der Waals surface area (Å²) in [4.78, 5) is 9.45. The summed E-state index contributed by atoms with van der Waals surface area (Å²) in [7, 11) is 0.